The fourth-order valence-electron chi connectivity index (χ4n) is 11.7. The first-order chi connectivity index (χ1) is 32.7. The molecule has 9 aromatic rings. The maximum Gasteiger partial charge on any atom is 0.333 e. The van der Waals surface area contributed by atoms with Crippen LogP contribution in [0, 0.1) is 6.92 Å². The summed E-state index contributed by atoms with van der Waals surface area (Å²) in [7, 11) is 0. The molecule has 332 valence electrons. The lowest BCUT2D eigenvalue weighted by atomic mass is 9.42. The highest BCUT2D eigenvalue weighted by molar-refractivity contribution is 6.93. The number of para-hydroxylation sites is 2. The molecule has 0 atom stereocenters. The molecule has 0 unspecified atom stereocenters. The number of anilines is 8. The molecule has 3 heterocycles. The molecule has 3 aliphatic rings. The van der Waals surface area contributed by atoms with E-state index in [2.05, 4.69) is 265 Å². The zero-order valence-electron chi connectivity index (χ0n) is 40.8. The molecule has 3 aliphatic heterocycles. The molecule has 0 N–H and O–H groups in total. The highest BCUT2D eigenvalue weighted by Gasteiger charge is 2.50. The summed E-state index contributed by atoms with van der Waals surface area (Å²) >= 11 is 0. The number of benzene rings is 9. The SMILES string of the molecule is Cc1ccccc1-c1cc2c3c(c1)N1c4ccc5ccccc5c4C(C)(C)c4cccc(c41)B3N(c1ccccc1)c1ccc(N(c3ccc(C(C)(C)C)cc3)c3ccc(C(C)(C)C)cc3)cc1-2. The van der Waals surface area contributed by atoms with E-state index in [1.54, 1.807) is 0 Å². The van der Waals surface area contributed by atoms with Gasteiger partial charge in [0.15, 0.2) is 0 Å². The second kappa shape index (κ2) is 15.1. The largest absolute Gasteiger partial charge is 0.376 e. The van der Waals surface area contributed by atoms with Crippen LogP contribution in [0.4, 0.5) is 45.5 Å². The first-order valence-corrected chi connectivity index (χ1v) is 24.4. The van der Waals surface area contributed by atoms with E-state index in [1.807, 2.05) is 0 Å². The molecule has 12 rings (SSSR count). The Bertz CT molecular complexity index is 3410. The van der Waals surface area contributed by atoms with Crippen molar-refractivity contribution in [3.8, 4) is 22.3 Å². The lowest BCUT2D eigenvalue weighted by molar-refractivity contribution is 0.590. The third-order valence-corrected chi connectivity index (χ3v) is 15.2. The van der Waals surface area contributed by atoms with Crippen LogP contribution in [0.25, 0.3) is 33.0 Å². The van der Waals surface area contributed by atoms with E-state index in [1.165, 1.54) is 100 Å². The highest BCUT2D eigenvalue weighted by Crippen LogP contribution is 2.57. The van der Waals surface area contributed by atoms with Gasteiger partial charge in [-0.25, -0.2) is 0 Å². The van der Waals surface area contributed by atoms with Gasteiger partial charge in [-0.05, 0) is 157 Å². The topological polar surface area (TPSA) is 9.72 Å². The van der Waals surface area contributed by atoms with Crippen molar-refractivity contribution in [1.82, 2.24) is 0 Å². The molecule has 4 heteroatoms. The van der Waals surface area contributed by atoms with Crippen LogP contribution in [-0.2, 0) is 16.2 Å². The van der Waals surface area contributed by atoms with Crippen molar-refractivity contribution in [2.24, 2.45) is 0 Å². The fourth-order valence-corrected chi connectivity index (χ4v) is 11.7. The van der Waals surface area contributed by atoms with E-state index in [4.69, 9.17) is 0 Å². The molecule has 0 spiro atoms. The van der Waals surface area contributed by atoms with Crippen LogP contribution in [0.2, 0.25) is 0 Å². The molecular formula is C64H58BN3. The molecule has 0 aromatic heterocycles. The molecule has 0 fully saturated rings. The minimum atomic E-state index is -0.259. The van der Waals surface area contributed by atoms with Crippen molar-refractivity contribution in [3.05, 3.63) is 216 Å². The Labute approximate surface area is 403 Å². The van der Waals surface area contributed by atoms with Crippen LogP contribution in [-0.4, -0.2) is 6.85 Å². The molecule has 3 nitrogen and oxygen atoms in total. The van der Waals surface area contributed by atoms with E-state index < -0.39 is 0 Å². The van der Waals surface area contributed by atoms with Gasteiger partial charge in [-0.2, -0.15) is 0 Å². The second-order valence-electron chi connectivity index (χ2n) is 21.9. The molecule has 0 aliphatic carbocycles. The third kappa shape index (κ3) is 6.40. The van der Waals surface area contributed by atoms with Crippen LogP contribution >= 0.6 is 0 Å². The highest BCUT2D eigenvalue weighted by atomic mass is 15.2. The van der Waals surface area contributed by atoms with Gasteiger partial charge in [0.05, 0.1) is 5.69 Å². The molecule has 9 aromatic carbocycles. The average molecular weight is 880 g/mol. The summed E-state index contributed by atoms with van der Waals surface area (Å²) in [5.41, 5.74) is 23.6. The zero-order valence-corrected chi connectivity index (χ0v) is 40.8. The first-order valence-electron chi connectivity index (χ1n) is 24.4. The van der Waals surface area contributed by atoms with Gasteiger partial charge >= 0.3 is 6.85 Å². The maximum absolute atomic E-state index is 2.65. The van der Waals surface area contributed by atoms with Crippen LogP contribution in [0.15, 0.2) is 188 Å². The lowest BCUT2D eigenvalue weighted by Gasteiger charge is -2.51. The lowest BCUT2D eigenvalue weighted by Crippen LogP contribution is -2.62. The van der Waals surface area contributed by atoms with Gasteiger partial charge in [-0.1, -0.05) is 171 Å². The molecule has 0 bridgehead atoms. The van der Waals surface area contributed by atoms with Gasteiger partial charge in [0, 0.05) is 50.8 Å². The van der Waals surface area contributed by atoms with Gasteiger partial charge in [0.25, 0.3) is 0 Å². The average Bonchev–Trinajstić information content (AvgIpc) is 3.33. The Kier molecular flexibility index (Phi) is 9.35. The van der Waals surface area contributed by atoms with Crippen LogP contribution in [0.3, 0.4) is 0 Å². The summed E-state index contributed by atoms with van der Waals surface area (Å²) in [6, 6.07) is 71.4. The maximum atomic E-state index is 2.65. The summed E-state index contributed by atoms with van der Waals surface area (Å²) in [6.07, 6.45) is 0. The van der Waals surface area contributed by atoms with Crippen molar-refractivity contribution in [3.63, 3.8) is 0 Å². The van der Waals surface area contributed by atoms with E-state index >= 15 is 0 Å². The van der Waals surface area contributed by atoms with Crippen molar-refractivity contribution in [1.29, 1.82) is 0 Å². The van der Waals surface area contributed by atoms with Gasteiger partial charge in [0.1, 0.15) is 0 Å². The Morgan fingerprint density at radius 3 is 1.79 bits per heavy atom. The monoisotopic (exact) mass is 879 g/mol. The standard InChI is InChI=1S/C64H58BN3/c1-41-18-13-15-22-50(41)43-38-53-52-40-49(66(46-31-27-44(28-32-46)62(2,3)4)47-33-29-45(30-34-47)63(5,6)7)35-37-56(52)68(48-20-11-10-12-21-48)65-55-25-17-24-54-61(55)67(58(39-43)60(53)65)57-36-26-42-19-14-16-23-51(42)59(57)64(54,8)9/h10-40H,1-9H3. The quantitative estimate of drug-likeness (QED) is 0.160. The van der Waals surface area contributed by atoms with Crippen molar-refractivity contribution < 1.29 is 0 Å². The fraction of sp³-hybridized carbons (Fsp3) is 0.188. The Hall–Kier alpha value is -7.30. The predicted molar refractivity (Wildman–Crippen MR) is 292 cm³/mol. The Morgan fingerprint density at radius 2 is 1.12 bits per heavy atom. The normalized spacial score (nSPS) is 14.3. The molecule has 0 amide bonds. The summed E-state index contributed by atoms with van der Waals surface area (Å²) in [6.45, 7) is 20.8. The Morgan fingerprint density at radius 1 is 0.500 bits per heavy atom. The van der Waals surface area contributed by atoms with Gasteiger partial charge in [-0.3, -0.25) is 0 Å². The first kappa shape index (κ1) is 42.1. The smallest absolute Gasteiger partial charge is 0.333 e. The summed E-state index contributed by atoms with van der Waals surface area (Å²) < 4.78 is 0. The predicted octanol–water partition coefficient (Wildman–Crippen LogP) is 16.2. The van der Waals surface area contributed by atoms with Gasteiger partial charge in [-0.15, -0.1) is 0 Å². The van der Waals surface area contributed by atoms with Crippen molar-refractivity contribution >= 4 is 74.0 Å². The molecule has 0 saturated carbocycles. The van der Waals surface area contributed by atoms with Crippen LogP contribution < -0.4 is 25.5 Å². The van der Waals surface area contributed by atoms with Gasteiger partial charge < -0.3 is 14.6 Å². The summed E-state index contributed by atoms with van der Waals surface area (Å²) in [4.78, 5) is 7.73. The molecule has 0 saturated heterocycles. The number of rotatable bonds is 5. The number of hydrogen-bond donors (Lipinski definition) is 0. The minimum absolute atomic E-state index is 0.0410. The van der Waals surface area contributed by atoms with E-state index in [0.29, 0.717) is 0 Å². The summed E-state index contributed by atoms with van der Waals surface area (Å²) in [5, 5.41) is 2.58. The number of hydrogen-bond acceptors (Lipinski definition) is 3. The second-order valence-corrected chi connectivity index (χ2v) is 21.9. The number of aryl methyl sites for hydroxylation is 1. The molecule has 68 heavy (non-hydrogen) atoms. The van der Waals surface area contributed by atoms with E-state index in [0.717, 1.165) is 17.1 Å². The molecular weight excluding hydrogens is 822 g/mol. The third-order valence-electron chi connectivity index (χ3n) is 15.2. The minimum Gasteiger partial charge on any atom is -0.376 e. The number of fused-ring (bicyclic) bond motifs is 8. The summed E-state index contributed by atoms with van der Waals surface area (Å²) in [5.74, 6) is 0. The zero-order chi connectivity index (χ0) is 46.9. The molecule has 0 radical (unpaired) electrons. The van der Waals surface area contributed by atoms with Crippen molar-refractivity contribution in [2.45, 2.75) is 78.6 Å². The van der Waals surface area contributed by atoms with Crippen LogP contribution in [0.1, 0.15) is 83.2 Å². The van der Waals surface area contributed by atoms with E-state index in [-0.39, 0.29) is 23.1 Å². The van der Waals surface area contributed by atoms with Crippen molar-refractivity contribution in [2.75, 3.05) is 14.6 Å². The van der Waals surface area contributed by atoms with Gasteiger partial charge in [0.2, 0.25) is 0 Å². The Balaban J connectivity index is 1.17. The number of nitrogens with zero attached hydrogens (tertiary/aromatic N) is 3. The van der Waals surface area contributed by atoms with E-state index in [9.17, 15) is 0 Å². The van der Waals surface area contributed by atoms with Crippen LogP contribution in [0.5, 0.6) is 0 Å².